The SMILES string of the molecule is COc1ccc([C@H]2CCCN2C(=O)Cn2c(=O)n(C)c3ccccc32)cc1. The Kier molecular flexibility index (Phi) is 4.48. The summed E-state index contributed by atoms with van der Waals surface area (Å²) >= 11 is 0. The minimum Gasteiger partial charge on any atom is -0.497 e. The van der Waals surface area contributed by atoms with Crippen molar-refractivity contribution in [3.05, 3.63) is 64.6 Å². The van der Waals surface area contributed by atoms with E-state index in [1.54, 1.807) is 23.3 Å². The molecule has 1 saturated heterocycles. The summed E-state index contributed by atoms with van der Waals surface area (Å²) < 4.78 is 8.38. The van der Waals surface area contributed by atoms with Crippen molar-refractivity contribution < 1.29 is 9.53 Å². The number of ether oxygens (including phenoxy) is 1. The molecule has 1 aliphatic heterocycles. The van der Waals surface area contributed by atoms with Crippen molar-refractivity contribution in [2.45, 2.75) is 25.4 Å². The maximum Gasteiger partial charge on any atom is 0.329 e. The lowest BCUT2D eigenvalue weighted by atomic mass is 10.0. The number of rotatable bonds is 4. The van der Waals surface area contributed by atoms with Gasteiger partial charge in [-0.15, -0.1) is 0 Å². The molecule has 1 atom stereocenters. The summed E-state index contributed by atoms with van der Waals surface area (Å²) in [5.74, 6) is 0.781. The average molecular weight is 365 g/mol. The van der Waals surface area contributed by atoms with Crippen LogP contribution in [0.1, 0.15) is 24.4 Å². The van der Waals surface area contributed by atoms with E-state index in [9.17, 15) is 9.59 Å². The van der Waals surface area contributed by atoms with Gasteiger partial charge in [0, 0.05) is 13.6 Å². The fourth-order valence-corrected chi connectivity index (χ4v) is 3.98. The van der Waals surface area contributed by atoms with Gasteiger partial charge in [-0.3, -0.25) is 13.9 Å². The Morgan fingerprint density at radius 1 is 1.11 bits per heavy atom. The highest BCUT2D eigenvalue weighted by atomic mass is 16.5. The highest BCUT2D eigenvalue weighted by molar-refractivity contribution is 5.81. The molecule has 0 aliphatic carbocycles. The number of nitrogens with zero attached hydrogens (tertiary/aromatic N) is 3. The van der Waals surface area contributed by atoms with E-state index in [0.29, 0.717) is 0 Å². The van der Waals surface area contributed by atoms with Crippen LogP contribution in [0.5, 0.6) is 5.75 Å². The zero-order valence-corrected chi connectivity index (χ0v) is 15.6. The van der Waals surface area contributed by atoms with Crippen molar-refractivity contribution in [3.63, 3.8) is 0 Å². The number of aryl methyl sites for hydroxylation is 1. The Morgan fingerprint density at radius 2 is 1.81 bits per heavy atom. The third-order valence-electron chi connectivity index (χ3n) is 5.42. The van der Waals surface area contributed by atoms with Gasteiger partial charge in [0.25, 0.3) is 0 Å². The van der Waals surface area contributed by atoms with E-state index >= 15 is 0 Å². The van der Waals surface area contributed by atoms with Gasteiger partial charge in [0.1, 0.15) is 12.3 Å². The van der Waals surface area contributed by atoms with Gasteiger partial charge in [-0.1, -0.05) is 24.3 Å². The first kappa shape index (κ1) is 17.4. The van der Waals surface area contributed by atoms with Crippen LogP contribution in [-0.2, 0) is 18.4 Å². The molecule has 1 amide bonds. The summed E-state index contributed by atoms with van der Waals surface area (Å²) in [7, 11) is 3.38. The average Bonchev–Trinajstić information content (AvgIpc) is 3.28. The number of aromatic nitrogens is 2. The van der Waals surface area contributed by atoms with Gasteiger partial charge >= 0.3 is 5.69 Å². The Bertz CT molecular complexity index is 1030. The van der Waals surface area contributed by atoms with Gasteiger partial charge in [0.15, 0.2) is 0 Å². The Morgan fingerprint density at radius 3 is 2.52 bits per heavy atom. The molecule has 1 fully saturated rings. The van der Waals surface area contributed by atoms with Crippen LogP contribution in [-0.4, -0.2) is 33.6 Å². The molecular formula is C21H23N3O3. The van der Waals surface area contributed by atoms with Crippen LogP contribution in [0, 0.1) is 0 Å². The molecule has 6 heteroatoms. The minimum absolute atomic E-state index is 0.0215. The van der Waals surface area contributed by atoms with E-state index in [2.05, 4.69) is 0 Å². The molecule has 2 aromatic carbocycles. The fraction of sp³-hybridized carbons (Fsp3) is 0.333. The summed E-state index contributed by atoms with van der Waals surface area (Å²) in [6.45, 7) is 0.780. The molecule has 140 valence electrons. The fourth-order valence-electron chi connectivity index (χ4n) is 3.98. The minimum atomic E-state index is -0.162. The van der Waals surface area contributed by atoms with Crippen molar-refractivity contribution in [1.29, 1.82) is 0 Å². The number of benzene rings is 2. The summed E-state index contributed by atoms with van der Waals surface area (Å²) in [5.41, 5.74) is 2.57. The summed E-state index contributed by atoms with van der Waals surface area (Å²) in [4.78, 5) is 27.6. The Labute approximate surface area is 157 Å². The van der Waals surface area contributed by atoms with Gasteiger partial charge in [0.2, 0.25) is 5.91 Å². The highest BCUT2D eigenvalue weighted by Gasteiger charge is 2.30. The van der Waals surface area contributed by atoms with Crippen LogP contribution in [0.3, 0.4) is 0 Å². The molecule has 0 unspecified atom stereocenters. The number of likely N-dealkylation sites (tertiary alicyclic amines) is 1. The first-order valence-corrected chi connectivity index (χ1v) is 9.18. The zero-order chi connectivity index (χ0) is 19.0. The van der Waals surface area contributed by atoms with Crippen LogP contribution in [0.15, 0.2) is 53.3 Å². The van der Waals surface area contributed by atoms with Crippen molar-refractivity contribution in [3.8, 4) is 5.75 Å². The molecule has 3 aromatic rings. The quantitative estimate of drug-likeness (QED) is 0.714. The number of imidazole rings is 1. The number of para-hydroxylation sites is 2. The molecule has 4 rings (SSSR count). The van der Waals surface area contributed by atoms with E-state index in [0.717, 1.165) is 41.7 Å². The maximum atomic E-state index is 13.1. The molecule has 0 spiro atoms. The van der Waals surface area contributed by atoms with E-state index in [4.69, 9.17) is 4.74 Å². The van der Waals surface area contributed by atoms with Crippen molar-refractivity contribution in [1.82, 2.24) is 14.0 Å². The summed E-state index contributed by atoms with van der Waals surface area (Å²) in [6, 6.07) is 15.5. The van der Waals surface area contributed by atoms with Gasteiger partial charge in [-0.2, -0.15) is 0 Å². The normalized spacial score (nSPS) is 16.8. The summed E-state index contributed by atoms with van der Waals surface area (Å²) in [6.07, 6.45) is 1.90. The van der Waals surface area contributed by atoms with Crippen molar-refractivity contribution >= 4 is 16.9 Å². The standard InChI is InChI=1S/C21H23N3O3/c1-22-18-6-3-4-7-19(18)24(21(22)26)14-20(25)23-13-5-8-17(23)15-9-11-16(27-2)12-10-15/h3-4,6-7,9-12,17H,5,8,13-14H2,1-2H3/t17-/m1/s1. The first-order valence-electron chi connectivity index (χ1n) is 9.18. The van der Waals surface area contributed by atoms with Gasteiger partial charge < -0.3 is 9.64 Å². The van der Waals surface area contributed by atoms with Crippen LogP contribution in [0.4, 0.5) is 0 Å². The third-order valence-corrected chi connectivity index (χ3v) is 5.42. The van der Waals surface area contributed by atoms with Crippen molar-refractivity contribution in [2.24, 2.45) is 7.05 Å². The highest BCUT2D eigenvalue weighted by Crippen LogP contribution is 2.33. The van der Waals surface area contributed by atoms with E-state index in [1.165, 1.54) is 0 Å². The molecule has 1 aromatic heterocycles. The Hall–Kier alpha value is -3.02. The molecule has 2 heterocycles. The van der Waals surface area contributed by atoms with Crippen LogP contribution in [0.2, 0.25) is 0 Å². The second-order valence-electron chi connectivity index (χ2n) is 6.93. The number of methoxy groups -OCH3 is 1. The smallest absolute Gasteiger partial charge is 0.329 e. The van der Waals surface area contributed by atoms with Crippen LogP contribution < -0.4 is 10.4 Å². The van der Waals surface area contributed by atoms with Crippen LogP contribution in [0.25, 0.3) is 11.0 Å². The number of hydrogen-bond donors (Lipinski definition) is 0. The number of carbonyl (C=O) groups excluding carboxylic acids is 1. The lowest BCUT2D eigenvalue weighted by Gasteiger charge is -2.25. The molecule has 27 heavy (non-hydrogen) atoms. The molecular weight excluding hydrogens is 342 g/mol. The van der Waals surface area contributed by atoms with Crippen molar-refractivity contribution in [2.75, 3.05) is 13.7 Å². The summed E-state index contributed by atoms with van der Waals surface area (Å²) in [5, 5.41) is 0. The number of carbonyl (C=O) groups is 1. The van der Waals surface area contributed by atoms with Gasteiger partial charge in [-0.25, -0.2) is 4.79 Å². The second kappa shape index (κ2) is 6.95. The maximum absolute atomic E-state index is 13.1. The molecule has 0 radical (unpaired) electrons. The monoisotopic (exact) mass is 365 g/mol. The van der Waals surface area contributed by atoms with Gasteiger partial charge in [0.05, 0.1) is 24.2 Å². The second-order valence-corrected chi connectivity index (χ2v) is 6.93. The zero-order valence-electron chi connectivity index (χ0n) is 15.6. The predicted molar refractivity (Wildman–Crippen MR) is 104 cm³/mol. The van der Waals surface area contributed by atoms with E-state index in [-0.39, 0.29) is 24.2 Å². The van der Waals surface area contributed by atoms with E-state index < -0.39 is 0 Å². The lowest BCUT2D eigenvalue weighted by Crippen LogP contribution is -2.36. The molecule has 0 bridgehead atoms. The number of amides is 1. The number of fused-ring (bicyclic) bond motifs is 1. The Balaban J connectivity index is 1.61. The predicted octanol–water partition coefficient (Wildman–Crippen LogP) is 2.71. The first-order chi connectivity index (χ1) is 13.1. The molecule has 6 nitrogen and oxygen atoms in total. The van der Waals surface area contributed by atoms with Crippen LogP contribution >= 0.6 is 0 Å². The topological polar surface area (TPSA) is 56.5 Å². The number of hydrogen-bond acceptors (Lipinski definition) is 3. The molecule has 0 N–H and O–H groups in total. The van der Waals surface area contributed by atoms with Gasteiger partial charge in [-0.05, 0) is 42.7 Å². The van der Waals surface area contributed by atoms with E-state index in [1.807, 2.05) is 53.4 Å². The lowest BCUT2D eigenvalue weighted by molar-refractivity contribution is -0.132. The molecule has 1 aliphatic rings. The third kappa shape index (κ3) is 3.01. The largest absolute Gasteiger partial charge is 0.497 e. The molecule has 0 saturated carbocycles.